The Kier molecular flexibility index (Phi) is 9.34. The zero-order valence-corrected chi connectivity index (χ0v) is 25.8. The van der Waals surface area contributed by atoms with Crippen molar-refractivity contribution in [2.45, 2.75) is 59.8 Å². The highest BCUT2D eigenvalue weighted by Crippen LogP contribution is 2.47. The minimum absolute atomic E-state index is 0.132. The third kappa shape index (κ3) is 5.88. The number of rotatable bonds is 10. The predicted molar refractivity (Wildman–Crippen MR) is 158 cm³/mol. The third-order valence-corrected chi connectivity index (χ3v) is 8.22. The molecule has 2 aliphatic rings. The first-order valence-corrected chi connectivity index (χ1v) is 14.1. The van der Waals surface area contributed by atoms with Crippen LogP contribution in [0.1, 0.15) is 39.9 Å². The maximum Gasteiger partial charge on any atom is 0.351 e. The number of ether oxygens (including phenoxy) is 1. The van der Waals surface area contributed by atoms with Crippen molar-refractivity contribution in [1.82, 2.24) is 15.1 Å². The average molecular weight is 698 g/mol. The number of aldehydes is 1. The van der Waals surface area contributed by atoms with Gasteiger partial charge < -0.3 is 81.4 Å². The van der Waals surface area contributed by atoms with Gasteiger partial charge in [0.05, 0.1) is 22.1 Å². The smallest absolute Gasteiger partial charge is 0.351 e. The van der Waals surface area contributed by atoms with Crippen LogP contribution in [-0.2, 0) is 32.1 Å². The Balaban J connectivity index is 1.74. The number of carbonyl (C=O) groups excluding carboxylic acids is 3. The molecule has 266 valence electrons. The lowest BCUT2D eigenvalue weighted by Gasteiger charge is -2.60. The van der Waals surface area contributed by atoms with Gasteiger partial charge in [0.15, 0.2) is 0 Å². The molecule has 2 heterocycles. The van der Waals surface area contributed by atoms with Gasteiger partial charge >= 0.3 is 11.9 Å². The summed E-state index contributed by atoms with van der Waals surface area (Å²) in [5.74, 6) is -27.1. The minimum atomic E-state index is -4.44. The fourth-order valence-electron chi connectivity index (χ4n) is 5.67. The number of benzene rings is 2. The van der Waals surface area contributed by atoms with Crippen molar-refractivity contribution in [2.24, 2.45) is 0 Å². The summed E-state index contributed by atoms with van der Waals surface area (Å²) in [7, 11) is 2.72. The molecule has 23 heteroatoms. The van der Waals surface area contributed by atoms with E-state index in [0.717, 1.165) is 33.9 Å². The van der Waals surface area contributed by atoms with E-state index in [-0.39, 0.29) is 18.9 Å². The van der Waals surface area contributed by atoms with Crippen LogP contribution in [-0.4, -0.2) is 141 Å². The summed E-state index contributed by atoms with van der Waals surface area (Å²) in [5.41, 5.74) is -4.10. The number of carbonyl (C=O) groups is 3. The van der Waals surface area contributed by atoms with Gasteiger partial charge in [-0.1, -0.05) is 12.1 Å². The van der Waals surface area contributed by atoms with Crippen LogP contribution in [0.3, 0.4) is 0 Å². The lowest BCUT2D eigenvalue weighted by atomic mass is 9.60. The number of hydrogen-bond donors (Lipinski definition) is 14. The summed E-state index contributed by atoms with van der Waals surface area (Å²) >= 11 is 0. The number of nitrogens with zero attached hydrogens (tertiary/aromatic N) is 2. The number of morpholine rings is 1. The van der Waals surface area contributed by atoms with Gasteiger partial charge in [-0.05, 0) is 30.7 Å². The zero-order valence-electron chi connectivity index (χ0n) is 25.8. The van der Waals surface area contributed by atoms with E-state index in [1.165, 1.54) is 7.05 Å². The highest BCUT2D eigenvalue weighted by atomic mass is 19.1. The molecule has 2 amide bonds. The van der Waals surface area contributed by atoms with Gasteiger partial charge in [-0.15, -0.1) is 4.90 Å². The lowest BCUT2D eigenvalue weighted by Crippen LogP contribution is -2.87. The van der Waals surface area contributed by atoms with Crippen LogP contribution >= 0.6 is 0 Å². The minimum Gasteiger partial charge on any atom is -0.357 e. The van der Waals surface area contributed by atoms with Crippen molar-refractivity contribution in [3.05, 3.63) is 64.5 Å². The van der Waals surface area contributed by atoms with Gasteiger partial charge in [0, 0.05) is 24.7 Å². The van der Waals surface area contributed by atoms with Crippen LogP contribution in [0.15, 0.2) is 36.4 Å². The van der Waals surface area contributed by atoms with Crippen molar-refractivity contribution < 1.29 is 84.8 Å². The molecule has 2 aromatic rings. The molecule has 2 aliphatic heterocycles. The van der Waals surface area contributed by atoms with Crippen molar-refractivity contribution in [3.63, 3.8) is 0 Å². The number of fused-ring (bicyclic) bond motifs is 1. The van der Waals surface area contributed by atoms with Crippen molar-refractivity contribution >= 4 is 39.5 Å². The summed E-state index contributed by atoms with van der Waals surface area (Å²) < 4.78 is 20.0. The average Bonchev–Trinajstić information content (AvgIpc) is 3.16. The van der Waals surface area contributed by atoms with E-state index in [9.17, 15) is 75.7 Å². The third-order valence-electron chi connectivity index (χ3n) is 8.22. The van der Waals surface area contributed by atoms with E-state index in [4.69, 9.17) is 0 Å². The van der Waals surface area contributed by atoms with Crippen LogP contribution in [0.4, 0.5) is 10.1 Å². The SMILES string of the molecule is BC1(B)OC(O)(O)C(O)(O)N(C(O)(O)c2ccc(C(O)(O)Nc3cccc4c3C(O)(O)N(C(CCC=O)C(=O)NC)C4=O)c(F)c2)C1(O)O. The second-order valence-corrected chi connectivity index (χ2v) is 11.9. The molecule has 0 spiro atoms. The summed E-state index contributed by atoms with van der Waals surface area (Å²) in [6.45, 7) is 0. The number of amides is 2. The molecule has 2 aromatic carbocycles. The standard InChI is InChI=1S/C26H33B2FN4O16/c1-30-18(35)16(6-3-9-34)32-19(36)12-4-2-5-15(17(12)22(32,41)42)31-20(37,38)13-8-7-11(10-14(13)29)21(39,40)33-24(43,44)23(27,28)49-26(47,48)25(33,45)46/h2,4-5,7-10,16,31,37-48H,3,6,27-28H2,1H3,(H,30,35). The van der Waals surface area contributed by atoms with Gasteiger partial charge in [-0.25, -0.2) is 4.39 Å². The molecule has 0 saturated carbocycles. The highest BCUT2D eigenvalue weighted by Gasteiger charge is 2.75. The van der Waals surface area contributed by atoms with E-state index in [1.54, 1.807) is 0 Å². The van der Waals surface area contributed by atoms with Gasteiger partial charge in [-0.3, -0.25) is 14.5 Å². The van der Waals surface area contributed by atoms with Gasteiger partial charge in [0.25, 0.3) is 23.6 Å². The highest BCUT2D eigenvalue weighted by molar-refractivity contribution is 6.40. The van der Waals surface area contributed by atoms with Gasteiger partial charge in [0.1, 0.15) is 33.8 Å². The predicted octanol–water partition coefficient (Wildman–Crippen LogP) is -8.06. The number of anilines is 1. The van der Waals surface area contributed by atoms with E-state index >= 15 is 4.39 Å². The molecule has 49 heavy (non-hydrogen) atoms. The Morgan fingerprint density at radius 3 is 2.18 bits per heavy atom. The molecule has 0 aliphatic carbocycles. The van der Waals surface area contributed by atoms with E-state index in [2.05, 4.69) is 10.1 Å². The molecule has 1 saturated heterocycles. The monoisotopic (exact) mass is 698 g/mol. The lowest BCUT2D eigenvalue weighted by molar-refractivity contribution is -0.615. The molecule has 1 fully saturated rings. The molecular formula is C26H33B2FN4O16. The number of nitrogens with one attached hydrogen (secondary N) is 2. The fourth-order valence-corrected chi connectivity index (χ4v) is 5.67. The number of likely N-dealkylation sites (N-methyl/N-ethyl adjacent to an activating group) is 1. The number of hydrogen-bond acceptors (Lipinski definition) is 18. The quantitative estimate of drug-likeness (QED) is 0.0622. The Labute approximate surface area is 276 Å². The summed E-state index contributed by atoms with van der Waals surface area (Å²) in [5, 5.41) is 130. The Hall–Kier alpha value is -3.65. The van der Waals surface area contributed by atoms with Crippen molar-refractivity contribution in [2.75, 3.05) is 12.4 Å². The second kappa shape index (κ2) is 12.0. The van der Waals surface area contributed by atoms with Crippen LogP contribution in [0.25, 0.3) is 0 Å². The molecular weight excluding hydrogens is 665 g/mol. The Morgan fingerprint density at radius 2 is 1.63 bits per heavy atom. The van der Waals surface area contributed by atoms with Gasteiger partial charge in [-0.2, -0.15) is 0 Å². The maximum absolute atomic E-state index is 15.5. The first kappa shape index (κ1) is 38.2. The normalized spacial score (nSPS) is 21.5. The Morgan fingerprint density at radius 1 is 1.02 bits per heavy atom. The number of aliphatic hydroxyl groups is 12. The van der Waals surface area contributed by atoms with Crippen LogP contribution < -0.4 is 10.6 Å². The molecule has 0 aromatic heterocycles. The molecule has 14 N–H and O–H groups in total. The zero-order chi connectivity index (χ0) is 37.3. The first-order valence-electron chi connectivity index (χ1n) is 14.1. The van der Waals surface area contributed by atoms with E-state index < -0.39 is 97.4 Å². The fraction of sp³-hybridized carbons (Fsp3) is 0.423. The van der Waals surface area contributed by atoms with Crippen LogP contribution in [0.5, 0.6) is 0 Å². The largest absolute Gasteiger partial charge is 0.357 e. The summed E-state index contributed by atoms with van der Waals surface area (Å²) in [4.78, 5) is 36.3. The summed E-state index contributed by atoms with van der Waals surface area (Å²) in [6, 6.07) is 2.76. The molecule has 1 atom stereocenters. The molecule has 0 bridgehead atoms. The topological polar surface area (TPSA) is 334 Å². The van der Waals surface area contributed by atoms with E-state index in [0.29, 0.717) is 23.3 Å². The molecule has 1 unspecified atom stereocenters. The maximum atomic E-state index is 15.5. The summed E-state index contributed by atoms with van der Waals surface area (Å²) in [6.07, 6.45) is -0.181. The van der Waals surface area contributed by atoms with E-state index in [1.807, 2.05) is 5.32 Å². The molecule has 20 nitrogen and oxygen atoms in total. The second-order valence-electron chi connectivity index (χ2n) is 11.9. The van der Waals surface area contributed by atoms with Crippen molar-refractivity contribution in [1.29, 1.82) is 0 Å². The van der Waals surface area contributed by atoms with Crippen molar-refractivity contribution in [3.8, 4) is 0 Å². The Bertz CT molecular complexity index is 1650. The van der Waals surface area contributed by atoms with Gasteiger partial charge in [0.2, 0.25) is 11.8 Å². The molecule has 4 rings (SSSR count). The molecule has 0 radical (unpaired) electrons. The van der Waals surface area contributed by atoms with Crippen LogP contribution in [0.2, 0.25) is 0 Å². The first-order chi connectivity index (χ1) is 22.2. The number of halogens is 1. The van der Waals surface area contributed by atoms with Crippen LogP contribution in [0, 0.1) is 5.82 Å².